The highest BCUT2D eigenvalue weighted by Gasteiger charge is 2.18. The molecule has 2 heterocycles. The topological polar surface area (TPSA) is 18.1 Å². The van der Waals surface area contributed by atoms with Crippen molar-refractivity contribution in [3.8, 4) is 50.2 Å². The van der Waals surface area contributed by atoms with E-state index in [0.29, 0.717) is 0 Å². The normalized spacial score (nSPS) is 11.6. The molecule has 0 unspecified atom stereocenters. The van der Waals surface area contributed by atoms with Gasteiger partial charge in [-0.15, -0.1) is 0 Å². The summed E-state index contributed by atoms with van der Waals surface area (Å²) in [6, 6.07) is 67.5. The molecule has 234 valence electrons. The minimum Gasteiger partial charge on any atom is -0.456 e. The standard InChI is InChI=1S/C48H31NO/c1-3-13-32(14-4-1)34-25-27-44-41(30-34)42-31-35(33-15-5-2-6-16-33)26-28-45(42)49(44)43-22-9-7-19-38(43)36-17-11-18-37(29-36)39-21-12-24-47-48(39)40-20-8-10-23-46(40)50-47/h1-31H. The highest BCUT2D eigenvalue weighted by atomic mass is 16.3. The van der Waals surface area contributed by atoms with Crippen LogP contribution in [0.25, 0.3) is 93.9 Å². The van der Waals surface area contributed by atoms with Crippen LogP contribution in [0, 0.1) is 0 Å². The van der Waals surface area contributed by atoms with E-state index >= 15 is 0 Å². The highest BCUT2D eigenvalue weighted by Crippen LogP contribution is 2.41. The zero-order valence-corrected chi connectivity index (χ0v) is 27.3. The van der Waals surface area contributed by atoms with Gasteiger partial charge in [-0.3, -0.25) is 0 Å². The summed E-state index contributed by atoms with van der Waals surface area (Å²) < 4.78 is 8.69. The number of fused-ring (bicyclic) bond motifs is 6. The van der Waals surface area contributed by atoms with Crippen molar-refractivity contribution >= 4 is 43.7 Å². The van der Waals surface area contributed by atoms with Crippen LogP contribution >= 0.6 is 0 Å². The van der Waals surface area contributed by atoms with E-state index in [4.69, 9.17) is 4.42 Å². The van der Waals surface area contributed by atoms with Crippen LogP contribution in [0.15, 0.2) is 192 Å². The van der Waals surface area contributed by atoms with E-state index in [1.54, 1.807) is 0 Å². The minimum absolute atomic E-state index is 0.907. The second kappa shape index (κ2) is 11.5. The third-order valence-corrected chi connectivity index (χ3v) is 10.0. The van der Waals surface area contributed by atoms with Gasteiger partial charge in [0.1, 0.15) is 11.2 Å². The van der Waals surface area contributed by atoms with Gasteiger partial charge in [0.25, 0.3) is 0 Å². The molecule has 0 amide bonds. The first-order chi connectivity index (χ1) is 24.8. The van der Waals surface area contributed by atoms with Gasteiger partial charge in [0.2, 0.25) is 0 Å². The molecule has 0 saturated heterocycles. The molecule has 10 rings (SSSR count). The first-order valence-electron chi connectivity index (χ1n) is 17.1. The molecule has 0 aliphatic carbocycles. The van der Waals surface area contributed by atoms with Crippen molar-refractivity contribution in [3.63, 3.8) is 0 Å². The summed E-state index contributed by atoms with van der Waals surface area (Å²) in [4.78, 5) is 0. The highest BCUT2D eigenvalue weighted by molar-refractivity contribution is 6.13. The largest absolute Gasteiger partial charge is 0.456 e. The second-order valence-corrected chi connectivity index (χ2v) is 12.9. The van der Waals surface area contributed by atoms with E-state index in [1.807, 2.05) is 12.1 Å². The van der Waals surface area contributed by atoms with Gasteiger partial charge in [-0.05, 0) is 87.5 Å². The summed E-state index contributed by atoms with van der Waals surface area (Å²) in [6.07, 6.45) is 0. The molecule has 2 aromatic heterocycles. The third kappa shape index (κ3) is 4.57. The maximum atomic E-state index is 6.25. The van der Waals surface area contributed by atoms with E-state index in [1.165, 1.54) is 60.8 Å². The lowest BCUT2D eigenvalue weighted by atomic mass is 9.95. The Labute approximate surface area is 290 Å². The Balaban J connectivity index is 1.19. The first kappa shape index (κ1) is 28.4. The predicted octanol–water partition coefficient (Wildman–Crippen LogP) is 13.4. The van der Waals surface area contributed by atoms with Crippen LogP contribution in [0.3, 0.4) is 0 Å². The molecule has 0 aliphatic heterocycles. The number of nitrogens with zero attached hydrogens (tertiary/aromatic N) is 1. The lowest BCUT2D eigenvalue weighted by molar-refractivity contribution is 0.669. The van der Waals surface area contributed by atoms with Crippen LogP contribution in [0.5, 0.6) is 0 Å². The number of hydrogen-bond donors (Lipinski definition) is 0. The lowest BCUT2D eigenvalue weighted by Crippen LogP contribution is -1.97. The maximum absolute atomic E-state index is 6.25. The number of furan rings is 1. The molecule has 0 saturated carbocycles. The molecular formula is C48H31NO. The van der Waals surface area contributed by atoms with Crippen molar-refractivity contribution in [3.05, 3.63) is 188 Å². The summed E-state index contributed by atoms with van der Waals surface area (Å²) in [6.45, 7) is 0. The van der Waals surface area contributed by atoms with E-state index in [2.05, 4.69) is 180 Å². The van der Waals surface area contributed by atoms with Crippen LogP contribution in [0.1, 0.15) is 0 Å². The number of benzene rings is 8. The molecular weight excluding hydrogens is 607 g/mol. The number of para-hydroxylation sites is 2. The van der Waals surface area contributed by atoms with Gasteiger partial charge in [-0.2, -0.15) is 0 Å². The van der Waals surface area contributed by atoms with Crippen molar-refractivity contribution in [2.45, 2.75) is 0 Å². The maximum Gasteiger partial charge on any atom is 0.136 e. The summed E-state index contributed by atoms with van der Waals surface area (Å²) in [5.74, 6) is 0. The van der Waals surface area contributed by atoms with Gasteiger partial charge < -0.3 is 8.98 Å². The zero-order valence-electron chi connectivity index (χ0n) is 27.3. The number of hydrogen-bond acceptors (Lipinski definition) is 1. The first-order valence-corrected chi connectivity index (χ1v) is 17.1. The SMILES string of the molecule is c1ccc(-c2ccc3c(c2)c2cc(-c4ccccc4)ccc2n3-c2ccccc2-c2cccc(-c3cccc4oc5ccccc5c34)c2)cc1. The Bertz CT molecular complexity index is 2760. The van der Waals surface area contributed by atoms with Gasteiger partial charge >= 0.3 is 0 Å². The Kier molecular flexibility index (Phi) is 6.53. The molecule has 0 spiro atoms. The Hall–Kier alpha value is -6.64. The molecule has 0 atom stereocenters. The quantitative estimate of drug-likeness (QED) is 0.184. The lowest BCUT2D eigenvalue weighted by Gasteiger charge is -2.15. The van der Waals surface area contributed by atoms with Gasteiger partial charge in [0, 0.05) is 27.1 Å². The van der Waals surface area contributed by atoms with Gasteiger partial charge in [0.15, 0.2) is 0 Å². The molecule has 50 heavy (non-hydrogen) atoms. The minimum atomic E-state index is 0.907. The second-order valence-electron chi connectivity index (χ2n) is 12.9. The third-order valence-electron chi connectivity index (χ3n) is 10.0. The Morgan fingerprint density at radius 3 is 1.54 bits per heavy atom. The smallest absolute Gasteiger partial charge is 0.136 e. The fourth-order valence-electron chi connectivity index (χ4n) is 7.69. The molecule has 0 fully saturated rings. The van der Waals surface area contributed by atoms with Crippen LogP contribution in [0.2, 0.25) is 0 Å². The van der Waals surface area contributed by atoms with Gasteiger partial charge in [-0.25, -0.2) is 0 Å². The molecule has 8 aromatic carbocycles. The fourth-order valence-corrected chi connectivity index (χ4v) is 7.69. The van der Waals surface area contributed by atoms with Crippen molar-refractivity contribution in [2.24, 2.45) is 0 Å². The Morgan fingerprint density at radius 1 is 0.320 bits per heavy atom. The molecule has 0 aliphatic rings. The Morgan fingerprint density at radius 2 is 0.840 bits per heavy atom. The average molecular weight is 638 g/mol. The fraction of sp³-hybridized carbons (Fsp3) is 0. The molecule has 2 nitrogen and oxygen atoms in total. The molecule has 10 aromatic rings. The van der Waals surface area contributed by atoms with Gasteiger partial charge in [-0.1, -0.05) is 140 Å². The molecule has 0 radical (unpaired) electrons. The van der Waals surface area contributed by atoms with E-state index in [-0.39, 0.29) is 0 Å². The van der Waals surface area contributed by atoms with Crippen LogP contribution in [-0.2, 0) is 0 Å². The van der Waals surface area contributed by atoms with Crippen molar-refractivity contribution in [1.82, 2.24) is 4.57 Å². The molecule has 0 bridgehead atoms. The molecule has 2 heteroatoms. The van der Waals surface area contributed by atoms with Gasteiger partial charge in [0.05, 0.1) is 16.7 Å². The van der Waals surface area contributed by atoms with Crippen molar-refractivity contribution in [1.29, 1.82) is 0 Å². The van der Waals surface area contributed by atoms with E-state index in [9.17, 15) is 0 Å². The molecule has 0 N–H and O–H groups in total. The van der Waals surface area contributed by atoms with Crippen molar-refractivity contribution < 1.29 is 4.42 Å². The predicted molar refractivity (Wildman–Crippen MR) is 210 cm³/mol. The monoisotopic (exact) mass is 637 g/mol. The number of rotatable bonds is 5. The average Bonchev–Trinajstić information content (AvgIpc) is 3.74. The van der Waals surface area contributed by atoms with E-state index in [0.717, 1.165) is 33.2 Å². The summed E-state index contributed by atoms with van der Waals surface area (Å²) in [7, 11) is 0. The van der Waals surface area contributed by atoms with Crippen LogP contribution in [0.4, 0.5) is 0 Å². The summed E-state index contributed by atoms with van der Waals surface area (Å²) in [5, 5.41) is 4.76. The number of aromatic nitrogens is 1. The summed E-state index contributed by atoms with van der Waals surface area (Å²) in [5.41, 5.74) is 14.9. The van der Waals surface area contributed by atoms with Crippen LogP contribution < -0.4 is 0 Å². The van der Waals surface area contributed by atoms with E-state index < -0.39 is 0 Å². The van der Waals surface area contributed by atoms with Crippen LogP contribution in [-0.4, -0.2) is 4.57 Å². The van der Waals surface area contributed by atoms with Crippen molar-refractivity contribution in [2.75, 3.05) is 0 Å². The summed E-state index contributed by atoms with van der Waals surface area (Å²) >= 11 is 0. The zero-order chi connectivity index (χ0) is 33.0.